The molecule has 0 unspecified atom stereocenters. The van der Waals surface area contributed by atoms with E-state index >= 15 is 0 Å². The first-order chi connectivity index (χ1) is 12.8. The van der Waals surface area contributed by atoms with Gasteiger partial charge in [-0.05, 0) is 37.2 Å². The van der Waals surface area contributed by atoms with Gasteiger partial charge in [0.1, 0.15) is 16.8 Å². The molecular weight excluding hydrogens is 406 g/mol. The smallest absolute Gasteiger partial charge is 0.316 e. The third-order valence-electron chi connectivity index (χ3n) is 4.97. The lowest BCUT2D eigenvalue weighted by molar-refractivity contribution is -0.144. The summed E-state index contributed by atoms with van der Waals surface area (Å²) < 4.78 is 28.1. The Hall–Kier alpha value is -1.39. The van der Waals surface area contributed by atoms with E-state index in [4.69, 9.17) is 10.5 Å². The minimum absolute atomic E-state index is 0.0314. The van der Waals surface area contributed by atoms with Crippen molar-refractivity contribution < 1.29 is 17.9 Å². The molecule has 10 heteroatoms. The van der Waals surface area contributed by atoms with Gasteiger partial charge in [-0.1, -0.05) is 18.7 Å². The Labute approximate surface area is 166 Å². The fourth-order valence-corrected chi connectivity index (χ4v) is 7.28. The molecule has 0 saturated carbocycles. The van der Waals surface area contributed by atoms with E-state index < -0.39 is 21.9 Å². The van der Waals surface area contributed by atoms with E-state index in [0.29, 0.717) is 23.3 Å². The lowest BCUT2D eigenvalue weighted by atomic mass is 9.89. The van der Waals surface area contributed by atoms with Gasteiger partial charge in [-0.15, -0.1) is 11.3 Å². The van der Waals surface area contributed by atoms with Gasteiger partial charge in [0.15, 0.2) is 15.0 Å². The van der Waals surface area contributed by atoms with Gasteiger partial charge in [-0.2, -0.15) is 0 Å². The standard InChI is InChI=1S/C17H21N3O4S3/c1-9-2-3-11-12(6-9)26-16-14(11)15(18)19-17(20-16)25-7-13(21)24-10-4-5-27(22,23)8-10/h9-10H,2-8H2,1H3,(H2,18,19,20)/t9-,10+/m1/s1. The summed E-state index contributed by atoms with van der Waals surface area (Å²) in [6.07, 6.45) is 3.04. The molecule has 4 rings (SSSR count). The summed E-state index contributed by atoms with van der Waals surface area (Å²) in [5, 5.41) is 1.41. The second kappa shape index (κ2) is 7.21. The minimum atomic E-state index is -3.07. The molecule has 27 heavy (non-hydrogen) atoms. The molecule has 0 aromatic carbocycles. The highest BCUT2D eigenvalue weighted by atomic mass is 32.2. The lowest BCUT2D eigenvalue weighted by Crippen LogP contribution is -2.20. The van der Waals surface area contributed by atoms with Crippen LogP contribution in [-0.2, 0) is 32.2 Å². The molecule has 0 radical (unpaired) electrons. The number of fused-ring (bicyclic) bond motifs is 3. The van der Waals surface area contributed by atoms with Crippen molar-refractivity contribution in [2.24, 2.45) is 5.92 Å². The van der Waals surface area contributed by atoms with E-state index in [2.05, 4.69) is 16.9 Å². The number of rotatable bonds is 4. The van der Waals surface area contributed by atoms with Crippen LogP contribution >= 0.6 is 23.1 Å². The quantitative estimate of drug-likeness (QED) is 0.449. The maximum Gasteiger partial charge on any atom is 0.316 e. The van der Waals surface area contributed by atoms with Crippen molar-refractivity contribution in [2.45, 2.75) is 43.9 Å². The number of hydrogen-bond donors (Lipinski definition) is 1. The van der Waals surface area contributed by atoms with Crippen LogP contribution in [0, 0.1) is 5.92 Å². The topological polar surface area (TPSA) is 112 Å². The Kier molecular flexibility index (Phi) is 5.06. The molecule has 0 spiro atoms. The summed E-state index contributed by atoms with van der Waals surface area (Å²) in [6, 6.07) is 0. The van der Waals surface area contributed by atoms with Crippen molar-refractivity contribution in [3.05, 3.63) is 10.4 Å². The molecule has 1 fully saturated rings. The number of esters is 1. The third kappa shape index (κ3) is 4.07. The van der Waals surface area contributed by atoms with Gasteiger partial charge in [0.2, 0.25) is 0 Å². The molecule has 1 aliphatic heterocycles. The number of thioether (sulfide) groups is 1. The average molecular weight is 428 g/mol. The average Bonchev–Trinajstić information content (AvgIpc) is 3.11. The maximum atomic E-state index is 12.0. The first kappa shape index (κ1) is 18.9. The van der Waals surface area contributed by atoms with Gasteiger partial charge in [0.05, 0.1) is 22.6 Å². The van der Waals surface area contributed by atoms with Crippen molar-refractivity contribution >= 4 is 54.9 Å². The Morgan fingerprint density at radius 1 is 1.37 bits per heavy atom. The van der Waals surface area contributed by atoms with Gasteiger partial charge in [-0.25, -0.2) is 18.4 Å². The SMILES string of the molecule is C[C@@H]1CCc2c(sc3nc(SCC(=O)O[C@H]4CCS(=O)(=O)C4)nc(N)c23)C1. The zero-order chi connectivity index (χ0) is 19.2. The Balaban J connectivity index is 1.44. The van der Waals surface area contributed by atoms with E-state index in [-0.39, 0.29) is 17.3 Å². The second-order valence-corrected chi connectivity index (χ2v) is 11.5. The Morgan fingerprint density at radius 2 is 2.19 bits per heavy atom. The summed E-state index contributed by atoms with van der Waals surface area (Å²) in [7, 11) is -3.07. The van der Waals surface area contributed by atoms with Gasteiger partial charge < -0.3 is 10.5 Å². The van der Waals surface area contributed by atoms with E-state index in [0.717, 1.165) is 29.5 Å². The third-order valence-corrected chi connectivity index (χ3v) is 8.68. The molecule has 1 saturated heterocycles. The zero-order valence-electron chi connectivity index (χ0n) is 14.9. The van der Waals surface area contributed by atoms with Crippen molar-refractivity contribution in [3.63, 3.8) is 0 Å². The molecule has 2 aromatic heterocycles. The number of thiophene rings is 1. The molecule has 3 heterocycles. The fraction of sp³-hybridized carbons (Fsp3) is 0.588. The number of nitrogen functional groups attached to an aromatic ring is 1. The van der Waals surface area contributed by atoms with Crippen molar-refractivity contribution in [1.29, 1.82) is 0 Å². The number of nitrogens with two attached hydrogens (primary N) is 1. The number of anilines is 1. The molecule has 146 valence electrons. The fourth-order valence-electron chi connectivity index (χ4n) is 3.61. The summed E-state index contributed by atoms with van der Waals surface area (Å²) in [5.41, 5.74) is 7.47. The predicted molar refractivity (Wildman–Crippen MR) is 107 cm³/mol. The number of carbonyl (C=O) groups excluding carboxylic acids is 1. The van der Waals surface area contributed by atoms with Crippen molar-refractivity contribution in [1.82, 2.24) is 9.97 Å². The normalized spacial score (nSPS) is 24.0. The molecule has 7 nitrogen and oxygen atoms in total. The van der Waals surface area contributed by atoms with Crippen LogP contribution in [0.1, 0.15) is 30.2 Å². The number of hydrogen-bond acceptors (Lipinski definition) is 9. The molecule has 0 bridgehead atoms. The van der Waals surface area contributed by atoms with Gasteiger partial charge >= 0.3 is 5.97 Å². The van der Waals surface area contributed by atoms with Crippen LogP contribution in [0.2, 0.25) is 0 Å². The summed E-state index contributed by atoms with van der Waals surface area (Å²) in [5.74, 6) is 0.703. The zero-order valence-corrected chi connectivity index (χ0v) is 17.4. The van der Waals surface area contributed by atoms with Crippen LogP contribution in [0.3, 0.4) is 0 Å². The highest BCUT2D eigenvalue weighted by Crippen LogP contribution is 2.39. The second-order valence-electron chi connectivity index (χ2n) is 7.23. The number of ether oxygens (including phenoxy) is 1. The largest absolute Gasteiger partial charge is 0.461 e. The highest BCUT2D eigenvalue weighted by molar-refractivity contribution is 7.99. The van der Waals surface area contributed by atoms with E-state index in [9.17, 15) is 13.2 Å². The summed E-state index contributed by atoms with van der Waals surface area (Å²) in [4.78, 5) is 23.2. The molecule has 1 aliphatic carbocycles. The molecule has 2 N–H and O–H groups in total. The summed E-state index contributed by atoms with van der Waals surface area (Å²) in [6.45, 7) is 2.25. The molecule has 0 amide bonds. The predicted octanol–water partition coefficient (Wildman–Crippen LogP) is 2.22. The Bertz CT molecular complexity index is 1000. The Morgan fingerprint density at radius 3 is 2.93 bits per heavy atom. The number of aryl methyl sites for hydroxylation is 1. The van der Waals surface area contributed by atoms with Crippen LogP contribution < -0.4 is 5.73 Å². The lowest BCUT2D eigenvalue weighted by Gasteiger charge is -2.17. The van der Waals surface area contributed by atoms with Crippen LogP contribution in [0.4, 0.5) is 5.82 Å². The van der Waals surface area contributed by atoms with E-state index in [1.165, 1.54) is 22.2 Å². The van der Waals surface area contributed by atoms with Gasteiger partial charge in [-0.3, -0.25) is 4.79 Å². The molecule has 2 aliphatic rings. The van der Waals surface area contributed by atoms with Crippen LogP contribution in [0.5, 0.6) is 0 Å². The van der Waals surface area contributed by atoms with Gasteiger partial charge in [0, 0.05) is 4.88 Å². The van der Waals surface area contributed by atoms with Crippen molar-refractivity contribution in [3.8, 4) is 0 Å². The number of aromatic nitrogens is 2. The van der Waals surface area contributed by atoms with E-state index in [1.54, 1.807) is 11.3 Å². The maximum absolute atomic E-state index is 12.0. The van der Waals surface area contributed by atoms with Crippen LogP contribution in [0.25, 0.3) is 10.2 Å². The number of nitrogens with zero attached hydrogens (tertiary/aromatic N) is 2. The first-order valence-electron chi connectivity index (χ1n) is 8.91. The molecule has 2 atom stereocenters. The number of carbonyl (C=O) groups is 1. The van der Waals surface area contributed by atoms with Crippen LogP contribution in [0.15, 0.2) is 5.16 Å². The number of sulfone groups is 1. The highest BCUT2D eigenvalue weighted by Gasteiger charge is 2.30. The van der Waals surface area contributed by atoms with Crippen molar-refractivity contribution in [2.75, 3.05) is 23.0 Å². The molecule has 2 aromatic rings. The van der Waals surface area contributed by atoms with E-state index in [1.807, 2.05) is 0 Å². The molecular formula is C17H21N3O4S3. The minimum Gasteiger partial charge on any atom is -0.461 e. The first-order valence-corrected chi connectivity index (χ1v) is 12.5. The summed E-state index contributed by atoms with van der Waals surface area (Å²) >= 11 is 2.83. The monoisotopic (exact) mass is 427 g/mol. The van der Waals surface area contributed by atoms with Crippen LogP contribution in [-0.4, -0.2) is 47.7 Å². The van der Waals surface area contributed by atoms with Gasteiger partial charge in [0.25, 0.3) is 0 Å².